The van der Waals surface area contributed by atoms with Gasteiger partial charge < -0.3 is 19.8 Å². The fourth-order valence-electron chi connectivity index (χ4n) is 2.91. The molecule has 0 saturated heterocycles. The molecule has 0 fully saturated rings. The number of carbonyl (C=O) groups excluding carboxylic acids is 3. The van der Waals surface area contributed by atoms with Crippen molar-refractivity contribution in [1.82, 2.24) is 31.1 Å². The van der Waals surface area contributed by atoms with E-state index in [1.165, 1.54) is 24.8 Å². The van der Waals surface area contributed by atoms with Gasteiger partial charge in [-0.25, -0.2) is 14.8 Å². The molecule has 11 heteroatoms. The summed E-state index contributed by atoms with van der Waals surface area (Å²) in [6, 6.07) is 9.29. The molecule has 184 valence electrons. The number of rotatable bonds is 7. The predicted octanol–water partition coefficient (Wildman–Crippen LogP) is 2.80. The van der Waals surface area contributed by atoms with Gasteiger partial charge in [0.1, 0.15) is 23.0 Å². The van der Waals surface area contributed by atoms with Crippen molar-refractivity contribution in [3.8, 4) is 11.6 Å². The molecule has 0 aliphatic heterocycles. The van der Waals surface area contributed by atoms with Crippen LogP contribution in [0.15, 0.2) is 55.1 Å². The second-order valence-electron chi connectivity index (χ2n) is 8.69. The standard InChI is InChI=1S/C24H28N6O5/c1-15-7-9-17(10-8-15)34-22-18(6-5-11-26-22)20(31)29-30-21(32)19(12-16-13-25-14-27-16)28-23(33)35-24(2,3)4/h5-11,13-14,19H,12H2,1-4H3,(H,25,27)(H,28,33)(H,29,31)(H,30,32). The molecule has 0 radical (unpaired) electrons. The molecular weight excluding hydrogens is 452 g/mol. The smallest absolute Gasteiger partial charge is 0.408 e. The van der Waals surface area contributed by atoms with Crippen LogP contribution in [0.5, 0.6) is 11.6 Å². The first-order valence-corrected chi connectivity index (χ1v) is 10.9. The number of hydrogen-bond donors (Lipinski definition) is 4. The van der Waals surface area contributed by atoms with Crippen molar-refractivity contribution < 1.29 is 23.9 Å². The Morgan fingerprint density at radius 3 is 2.49 bits per heavy atom. The average molecular weight is 481 g/mol. The number of ether oxygens (including phenoxy) is 2. The number of hydrazine groups is 1. The van der Waals surface area contributed by atoms with Crippen LogP contribution in [0.1, 0.15) is 42.4 Å². The monoisotopic (exact) mass is 480 g/mol. The summed E-state index contributed by atoms with van der Waals surface area (Å²) >= 11 is 0. The van der Waals surface area contributed by atoms with Crippen molar-refractivity contribution in [1.29, 1.82) is 0 Å². The van der Waals surface area contributed by atoms with E-state index in [-0.39, 0.29) is 17.9 Å². The summed E-state index contributed by atoms with van der Waals surface area (Å²) in [5.74, 6) is -0.729. The summed E-state index contributed by atoms with van der Waals surface area (Å²) in [5, 5.41) is 2.51. The SMILES string of the molecule is Cc1ccc(Oc2ncccc2C(=O)NNC(=O)C(Cc2cnc[nH]2)NC(=O)OC(C)(C)C)cc1. The van der Waals surface area contributed by atoms with Crippen molar-refractivity contribution in [2.75, 3.05) is 0 Å². The number of amides is 3. The molecule has 0 spiro atoms. The summed E-state index contributed by atoms with van der Waals surface area (Å²) in [6.07, 6.45) is 3.79. The van der Waals surface area contributed by atoms with Crippen LogP contribution in [0, 0.1) is 6.92 Å². The van der Waals surface area contributed by atoms with Gasteiger partial charge in [-0.2, -0.15) is 0 Å². The summed E-state index contributed by atoms with van der Waals surface area (Å²) in [4.78, 5) is 48.8. The molecule has 35 heavy (non-hydrogen) atoms. The molecule has 0 aliphatic carbocycles. The lowest BCUT2D eigenvalue weighted by Crippen LogP contribution is -2.53. The van der Waals surface area contributed by atoms with Crippen LogP contribution in [0.25, 0.3) is 0 Å². The fraction of sp³-hybridized carbons (Fsp3) is 0.292. The van der Waals surface area contributed by atoms with Crippen molar-refractivity contribution >= 4 is 17.9 Å². The number of aromatic nitrogens is 3. The molecule has 1 aromatic carbocycles. The zero-order valence-corrected chi connectivity index (χ0v) is 19.9. The van der Waals surface area contributed by atoms with E-state index < -0.39 is 29.6 Å². The second-order valence-corrected chi connectivity index (χ2v) is 8.69. The minimum Gasteiger partial charge on any atom is -0.444 e. The number of carbonyl (C=O) groups is 3. The van der Waals surface area contributed by atoms with Crippen LogP contribution >= 0.6 is 0 Å². The van der Waals surface area contributed by atoms with E-state index in [0.29, 0.717) is 11.4 Å². The highest BCUT2D eigenvalue weighted by Gasteiger charge is 2.26. The molecule has 1 unspecified atom stereocenters. The largest absolute Gasteiger partial charge is 0.444 e. The average Bonchev–Trinajstić information content (AvgIpc) is 3.30. The lowest BCUT2D eigenvalue weighted by Gasteiger charge is -2.23. The van der Waals surface area contributed by atoms with Gasteiger partial charge in [0.25, 0.3) is 11.8 Å². The zero-order valence-electron chi connectivity index (χ0n) is 19.9. The van der Waals surface area contributed by atoms with Gasteiger partial charge in [-0.3, -0.25) is 20.4 Å². The highest BCUT2D eigenvalue weighted by atomic mass is 16.6. The third-order valence-corrected chi connectivity index (χ3v) is 4.54. The minimum atomic E-state index is -1.05. The topological polar surface area (TPSA) is 147 Å². The van der Waals surface area contributed by atoms with Gasteiger partial charge in [0.05, 0.1) is 6.33 Å². The fourth-order valence-corrected chi connectivity index (χ4v) is 2.91. The highest BCUT2D eigenvalue weighted by molar-refractivity contribution is 5.98. The van der Waals surface area contributed by atoms with Gasteiger partial charge in [0, 0.05) is 24.5 Å². The normalized spacial score (nSPS) is 11.8. The van der Waals surface area contributed by atoms with E-state index >= 15 is 0 Å². The first-order valence-electron chi connectivity index (χ1n) is 10.9. The van der Waals surface area contributed by atoms with E-state index in [1.54, 1.807) is 39.0 Å². The van der Waals surface area contributed by atoms with Crippen LogP contribution in [0.3, 0.4) is 0 Å². The maximum atomic E-state index is 12.8. The van der Waals surface area contributed by atoms with E-state index in [0.717, 1.165) is 5.56 Å². The Bertz CT molecular complexity index is 1160. The molecule has 3 amide bonds. The van der Waals surface area contributed by atoms with Gasteiger partial charge in [-0.05, 0) is 52.0 Å². The molecule has 3 aromatic rings. The molecule has 3 rings (SSSR count). The number of hydrogen-bond acceptors (Lipinski definition) is 7. The summed E-state index contributed by atoms with van der Waals surface area (Å²) < 4.78 is 11.0. The number of aryl methyl sites for hydroxylation is 1. The molecule has 11 nitrogen and oxygen atoms in total. The van der Waals surface area contributed by atoms with E-state index in [4.69, 9.17) is 9.47 Å². The summed E-state index contributed by atoms with van der Waals surface area (Å²) in [5.41, 5.74) is 5.70. The number of aromatic amines is 1. The lowest BCUT2D eigenvalue weighted by atomic mass is 10.1. The van der Waals surface area contributed by atoms with Crippen molar-refractivity contribution in [2.24, 2.45) is 0 Å². The third kappa shape index (κ3) is 7.84. The number of imidazole rings is 1. The number of alkyl carbamates (subject to hydrolysis) is 1. The van der Waals surface area contributed by atoms with Crippen LogP contribution in [-0.2, 0) is 16.0 Å². The van der Waals surface area contributed by atoms with Gasteiger partial charge >= 0.3 is 6.09 Å². The first kappa shape index (κ1) is 25.2. The third-order valence-electron chi connectivity index (χ3n) is 4.54. The Labute approximate surface area is 202 Å². The second kappa shape index (κ2) is 11.1. The minimum absolute atomic E-state index is 0.0731. The maximum Gasteiger partial charge on any atom is 0.408 e. The van der Waals surface area contributed by atoms with Crippen molar-refractivity contribution in [3.63, 3.8) is 0 Å². The lowest BCUT2D eigenvalue weighted by molar-refractivity contribution is -0.124. The highest BCUT2D eigenvalue weighted by Crippen LogP contribution is 2.23. The van der Waals surface area contributed by atoms with Crippen LogP contribution in [-0.4, -0.2) is 44.5 Å². The van der Waals surface area contributed by atoms with Crippen LogP contribution in [0.4, 0.5) is 4.79 Å². The predicted molar refractivity (Wildman–Crippen MR) is 127 cm³/mol. The van der Waals surface area contributed by atoms with Gasteiger partial charge in [-0.15, -0.1) is 0 Å². The molecule has 0 bridgehead atoms. The number of nitrogens with one attached hydrogen (secondary N) is 4. The molecule has 0 aliphatic rings. The number of H-pyrrole nitrogens is 1. The number of pyridine rings is 1. The first-order chi connectivity index (χ1) is 16.6. The molecular formula is C24H28N6O5. The Morgan fingerprint density at radius 2 is 1.83 bits per heavy atom. The Balaban J connectivity index is 1.67. The van der Waals surface area contributed by atoms with Gasteiger partial charge in [0.15, 0.2) is 0 Å². The zero-order chi connectivity index (χ0) is 25.4. The van der Waals surface area contributed by atoms with E-state index in [9.17, 15) is 14.4 Å². The maximum absolute atomic E-state index is 12.8. The number of benzene rings is 1. The van der Waals surface area contributed by atoms with Gasteiger partial charge in [0.2, 0.25) is 5.88 Å². The Morgan fingerprint density at radius 1 is 1.09 bits per heavy atom. The summed E-state index contributed by atoms with van der Waals surface area (Å²) in [6.45, 7) is 7.08. The molecule has 2 heterocycles. The molecule has 2 aromatic heterocycles. The van der Waals surface area contributed by atoms with Crippen molar-refractivity contribution in [3.05, 3.63) is 71.9 Å². The van der Waals surface area contributed by atoms with Crippen molar-refractivity contribution in [2.45, 2.75) is 45.8 Å². The quantitative estimate of drug-likeness (QED) is 0.380. The number of nitrogens with zero attached hydrogens (tertiary/aromatic N) is 2. The van der Waals surface area contributed by atoms with E-state index in [2.05, 4.69) is 31.1 Å². The molecule has 1 atom stereocenters. The van der Waals surface area contributed by atoms with Crippen LogP contribution < -0.4 is 20.9 Å². The van der Waals surface area contributed by atoms with Crippen LogP contribution in [0.2, 0.25) is 0 Å². The molecule has 0 saturated carbocycles. The summed E-state index contributed by atoms with van der Waals surface area (Å²) in [7, 11) is 0. The van der Waals surface area contributed by atoms with Gasteiger partial charge in [-0.1, -0.05) is 17.7 Å². The Hall–Kier alpha value is -4.41. The Kier molecular flexibility index (Phi) is 8.03. The van der Waals surface area contributed by atoms with E-state index in [1.807, 2.05) is 19.1 Å². The molecule has 4 N–H and O–H groups in total.